The molecule has 1 aliphatic rings. The number of carbonyl (C=O) groups is 1. The number of amides is 2. The number of rotatable bonds is 6. The van der Waals surface area contributed by atoms with Crippen LogP contribution in [0.5, 0.6) is 0 Å². The second-order valence-electron chi connectivity index (χ2n) is 6.33. The molecular formula is C18H26N4OS. The topological polar surface area (TPSA) is 59.4 Å². The van der Waals surface area contributed by atoms with Crippen LogP contribution in [0.25, 0.3) is 0 Å². The molecule has 6 heteroatoms. The third-order valence-electron chi connectivity index (χ3n) is 4.20. The first-order chi connectivity index (χ1) is 11.6. The second kappa shape index (κ2) is 9.55. The normalized spacial score (nSPS) is 18.0. The Hall–Kier alpha value is -1.71. The zero-order chi connectivity index (χ0) is 17.4. The molecule has 2 rings (SSSR count). The molecule has 130 valence electrons. The Bertz CT molecular complexity index is 587. The van der Waals surface area contributed by atoms with Crippen molar-refractivity contribution < 1.29 is 4.79 Å². The summed E-state index contributed by atoms with van der Waals surface area (Å²) in [5, 5.41) is 11.7. The monoisotopic (exact) mass is 346 g/mol. The Morgan fingerprint density at radius 1 is 1.50 bits per heavy atom. The van der Waals surface area contributed by atoms with E-state index in [4.69, 9.17) is 5.26 Å². The number of piperidine rings is 1. The number of thioether (sulfide) groups is 1. The number of para-hydroxylation sites is 1. The largest absolute Gasteiger partial charge is 0.327 e. The summed E-state index contributed by atoms with van der Waals surface area (Å²) < 4.78 is 0. The van der Waals surface area contributed by atoms with E-state index in [9.17, 15) is 4.79 Å². The van der Waals surface area contributed by atoms with E-state index in [1.54, 1.807) is 16.7 Å². The van der Waals surface area contributed by atoms with Gasteiger partial charge in [0.15, 0.2) is 0 Å². The van der Waals surface area contributed by atoms with E-state index in [1.807, 2.05) is 31.3 Å². The predicted octanol–water partition coefficient (Wildman–Crippen LogP) is 3.50. The number of urea groups is 1. The van der Waals surface area contributed by atoms with Crippen LogP contribution in [-0.2, 0) is 0 Å². The zero-order valence-corrected chi connectivity index (χ0v) is 15.3. The summed E-state index contributed by atoms with van der Waals surface area (Å²) in [5.41, 5.74) is 0.818. The molecular weight excluding hydrogens is 320 g/mol. The van der Waals surface area contributed by atoms with Gasteiger partial charge in [-0.15, -0.1) is 11.8 Å². The Kier molecular flexibility index (Phi) is 7.41. The Labute approximate surface area is 149 Å². The molecule has 0 bridgehead atoms. The van der Waals surface area contributed by atoms with E-state index >= 15 is 0 Å². The van der Waals surface area contributed by atoms with Gasteiger partial charge in [-0.25, -0.2) is 4.79 Å². The fourth-order valence-corrected chi connectivity index (χ4v) is 3.87. The molecule has 0 aliphatic carbocycles. The van der Waals surface area contributed by atoms with Gasteiger partial charge < -0.3 is 15.1 Å². The highest BCUT2D eigenvalue weighted by Gasteiger charge is 2.21. The van der Waals surface area contributed by atoms with Gasteiger partial charge in [-0.2, -0.15) is 5.26 Å². The van der Waals surface area contributed by atoms with Crippen molar-refractivity contribution in [2.75, 3.05) is 44.8 Å². The fraction of sp³-hybridized carbons (Fsp3) is 0.556. The van der Waals surface area contributed by atoms with Crippen LogP contribution < -0.4 is 5.32 Å². The third kappa shape index (κ3) is 5.73. The molecule has 0 saturated carbocycles. The maximum atomic E-state index is 12.5. The SMILES string of the molecule is CN1CCC[C@@H](CN(C)C(=O)Nc2ccccc2SCCC#N)C1. The molecule has 2 amide bonds. The van der Waals surface area contributed by atoms with E-state index in [1.165, 1.54) is 12.8 Å². The molecule has 0 unspecified atom stereocenters. The number of nitrogens with one attached hydrogen (secondary N) is 1. The first kappa shape index (κ1) is 18.6. The summed E-state index contributed by atoms with van der Waals surface area (Å²) >= 11 is 1.60. The molecule has 1 heterocycles. The number of anilines is 1. The highest BCUT2D eigenvalue weighted by Crippen LogP contribution is 2.27. The summed E-state index contributed by atoms with van der Waals surface area (Å²) in [5.74, 6) is 1.27. The van der Waals surface area contributed by atoms with Crippen LogP contribution in [0.4, 0.5) is 10.5 Å². The van der Waals surface area contributed by atoms with Gasteiger partial charge in [0.05, 0.1) is 11.8 Å². The van der Waals surface area contributed by atoms with Gasteiger partial charge in [0, 0.05) is 37.2 Å². The lowest BCUT2D eigenvalue weighted by molar-refractivity contribution is 0.170. The van der Waals surface area contributed by atoms with Gasteiger partial charge in [-0.3, -0.25) is 0 Å². The van der Waals surface area contributed by atoms with E-state index < -0.39 is 0 Å². The van der Waals surface area contributed by atoms with Crippen molar-refractivity contribution in [2.45, 2.75) is 24.2 Å². The summed E-state index contributed by atoms with van der Waals surface area (Å²) in [6.07, 6.45) is 2.89. The number of nitriles is 1. The van der Waals surface area contributed by atoms with Crippen LogP contribution in [0.1, 0.15) is 19.3 Å². The first-order valence-electron chi connectivity index (χ1n) is 8.39. The Morgan fingerprint density at radius 3 is 3.04 bits per heavy atom. The number of carbonyl (C=O) groups excluding carboxylic acids is 1. The van der Waals surface area contributed by atoms with Crippen molar-refractivity contribution in [1.29, 1.82) is 5.26 Å². The standard InChI is InChI=1S/C18H26N4OS/c1-21-11-5-7-15(13-21)14-22(2)18(23)20-16-8-3-4-9-17(16)24-12-6-10-19/h3-4,8-9,15H,5-7,11-14H2,1-2H3,(H,20,23)/t15-/m1/s1. The van der Waals surface area contributed by atoms with Crippen LogP contribution in [0.2, 0.25) is 0 Å². The molecule has 0 radical (unpaired) electrons. The smallest absolute Gasteiger partial charge is 0.321 e. The molecule has 0 aromatic heterocycles. The van der Waals surface area contributed by atoms with Crippen LogP contribution in [0, 0.1) is 17.2 Å². The number of hydrogen-bond donors (Lipinski definition) is 1. The minimum Gasteiger partial charge on any atom is -0.327 e. The van der Waals surface area contributed by atoms with E-state index in [0.717, 1.165) is 36.0 Å². The summed E-state index contributed by atoms with van der Waals surface area (Å²) in [7, 11) is 4.00. The lowest BCUT2D eigenvalue weighted by Gasteiger charge is -2.32. The number of hydrogen-bond acceptors (Lipinski definition) is 4. The van der Waals surface area contributed by atoms with Gasteiger partial charge in [-0.05, 0) is 44.5 Å². The number of likely N-dealkylation sites (tertiary alicyclic amines) is 1. The minimum atomic E-state index is -0.0726. The third-order valence-corrected chi connectivity index (χ3v) is 5.28. The number of benzene rings is 1. The Balaban J connectivity index is 1.90. The first-order valence-corrected chi connectivity index (χ1v) is 9.38. The minimum absolute atomic E-state index is 0.0726. The highest BCUT2D eigenvalue weighted by molar-refractivity contribution is 7.99. The molecule has 1 aliphatic heterocycles. The summed E-state index contributed by atoms with van der Waals surface area (Å²) in [6.45, 7) is 2.98. The van der Waals surface area contributed by atoms with Crippen molar-refractivity contribution in [3.8, 4) is 6.07 Å². The molecule has 1 fully saturated rings. The molecule has 1 N–H and O–H groups in total. The number of nitrogens with zero attached hydrogens (tertiary/aromatic N) is 3. The molecule has 1 aromatic carbocycles. The summed E-state index contributed by atoms with van der Waals surface area (Å²) in [6, 6.07) is 9.83. The van der Waals surface area contributed by atoms with Crippen LogP contribution in [-0.4, -0.2) is 55.3 Å². The van der Waals surface area contributed by atoms with Gasteiger partial charge in [0.25, 0.3) is 0 Å². The molecule has 24 heavy (non-hydrogen) atoms. The maximum absolute atomic E-state index is 12.5. The lowest BCUT2D eigenvalue weighted by Crippen LogP contribution is -2.41. The second-order valence-corrected chi connectivity index (χ2v) is 7.47. The predicted molar refractivity (Wildman–Crippen MR) is 99.3 cm³/mol. The molecule has 1 atom stereocenters. The van der Waals surface area contributed by atoms with Gasteiger partial charge in [0.1, 0.15) is 0 Å². The maximum Gasteiger partial charge on any atom is 0.321 e. The fourth-order valence-electron chi connectivity index (χ4n) is 3.01. The lowest BCUT2D eigenvalue weighted by atomic mass is 9.98. The Morgan fingerprint density at radius 2 is 2.29 bits per heavy atom. The molecule has 1 aromatic rings. The summed E-state index contributed by atoms with van der Waals surface area (Å²) in [4.78, 5) is 17.6. The van der Waals surface area contributed by atoms with Crippen molar-refractivity contribution in [3.63, 3.8) is 0 Å². The van der Waals surface area contributed by atoms with E-state index in [-0.39, 0.29) is 6.03 Å². The van der Waals surface area contributed by atoms with Crippen molar-refractivity contribution in [1.82, 2.24) is 9.80 Å². The van der Waals surface area contributed by atoms with E-state index in [2.05, 4.69) is 23.3 Å². The average Bonchev–Trinajstić information content (AvgIpc) is 2.56. The molecule has 5 nitrogen and oxygen atoms in total. The van der Waals surface area contributed by atoms with Gasteiger partial charge in [0.2, 0.25) is 0 Å². The van der Waals surface area contributed by atoms with Crippen molar-refractivity contribution in [3.05, 3.63) is 24.3 Å². The van der Waals surface area contributed by atoms with Gasteiger partial charge in [-0.1, -0.05) is 12.1 Å². The van der Waals surface area contributed by atoms with Crippen molar-refractivity contribution >= 4 is 23.5 Å². The average molecular weight is 347 g/mol. The molecule has 1 saturated heterocycles. The van der Waals surface area contributed by atoms with Crippen LogP contribution in [0.3, 0.4) is 0 Å². The molecule has 0 spiro atoms. The highest BCUT2D eigenvalue weighted by atomic mass is 32.2. The zero-order valence-electron chi connectivity index (χ0n) is 14.5. The van der Waals surface area contributed by atoms with Crippen LogP contribution >= 0.6 is 11.8 Å². The van der Waals surface area contributed by atoms with E-state index in [0.29, 0.717) is 12.3 Å². The van der Waals surface area contributed by atoms with Gasteiger partial charge >= 0.3 is 6.03 Å². The quantitative estimate of drug-likeness (QED) is 0.633. The van der Waals surface area contributed by atoms with Crippen LogP contribution in [0.15, 0.2) is 29.2 Å². The van der Waals surface area contributed by atoms with Crippen molar-refractivity contribution in [2.24, 2.45) is 5.92 Å².